The normalized spacial score (nSPS) is 11.1. The van der Waals surface area contributed by atoms with Crippen molar-refractivity contribution >= 4 is 58.1 Å². The number of anilines is 1. The topological polar surface area (TPSA) is 188 Å². The van der Waals surface area contributed by atoms with Crippen LogP contribution in [0.1, 0.15) is 34.6 Å². The molecule has 2 rings (SSSR count). The third-order valence-electron chi connectivity index (χ3n) is 3.36. The molecule has 0 saturated heterocycles. The second-order valence-electron chi connectivity index (χ2n) is 8.08. The number of nitro groups is 2. The van der Waals surface area contributed by atoms with Gasteiger partial charge in [-0.3, -0.25) is 20.2 Å². The Morgan fingerprint density at radius 1 is 0.971 bits per heavy atom. The average molecular weight is 540 g/mol. The zero-order valence-electron chi connectivity index (χ0n) is 18.6. The Bertz CT molecular complexity index is 1060. The summed E-state index contributed by atoms with van der Waals surface area (Å²) in [7, 11) is 0. The zero-order chi connectivity index (χ0) is 26.3. The van der Waals surface area contributed by atoms with Crippen LogP contribution in [-0.2, 0) is 4.74 Å². The largest absolute Gasteiger partial charge is 0.442 e. The van der Waals surface area contributed by atoms with E-state index in [1.54, 1.807) is 13.8 Å². The first-order valence-corrected chi connectivity index (χ1v) is 10.4. The summed E-state index contributed by atoms with van der Waals surface area (Å²) in [5.74, 6) is -0.0390. The van der Waals surface area contributed by atoms with Crippen LogP contribution in [0, 0.1) is 20.2 Å². The number of aromatic nitrogens is 4. The lowest BCUT2D eigenvalue weighted by Crippen LogP contribution is -2.46. The van der Waals surface area contributed by atoms with Crippen LogP contribution in [0.5, 0.6) is 0 Å². The van der Waals surface area contributed by atoms with Gasteiger partial charge in [-0.15, -0.1) is 0 Å². The van der Waals surface area contributed by atoms with Crippen LogP contribution in [-0.4, -0.2) is 53.6 Å². The minimum absolute atomic E-state index is 0.0390. The van der Waals surface area contributed by atoms with Crippen molar-refractivity contribution in [3.05, 3.63) is 48.3 Å². The van der Waals surface area contributed by atoms with Crippen LogP contribution in [0.2, 0.25) is 15.7 Å². The first-order chi connectivity index (χ1) is 15.5. The SMILES string of the molecule is CC(C)(C)NC(=O)OC(C)(C)CNc1nc(Cl)ncc1[N+](=O)[O-].O=[N+]([O-])c1cnc(Cl)nc1Cl. The average Bonchev–Trinajstić information content (AvgIpc) is 2.64. The second-order valence-corrected chi connectivity index (χ2v) is 9.11. The van der Waals surface area contributed by atoms with E-state index < -0.39 is 27.1 Å². The molecule has 0 spiro atoms. The lowest BCUT2D eigenvalue weighted by Gasteiger charge is -2.28. The van der Waals surface area contributed by atoms with Crippen LogP contribution in [0.4, 0.5) is 22.0 Å². The van der Waals surface area contributed by atoms with Crippen molar-refractivity contribution in [1.82, 2.24) is 25.3 Å². The monoisotopic (exact) mass is 538 g/mol. The molecule has 2 aromatic heterocycles. The van der Waals surface area contributed by atoms with E-state index in [4.69, 9.17) is 39.5 Å². The Morgan fingerprint density at radius 2 is 1.47 bits per heavy atom. The third-order valence-corrected chi connectivity index (χ3v) is 4.00. The summed E-state index contributed by atoms with van der Waals surface area (Å²) >= 11 is 16.3. The number of carbonyl (C=O) groups excluding carboxylic acids is 1. The molecule has 17 heteroatoms. The molecule has 0 aliphatic heterocycles. The van der Waals surface area contributed by atoms with Crippen molar-refractivity contribution in [3.8, 4) is 0 Å². The van der Waals surface area contributed by atoms with Gasteiger partial charge in [0.15, 0.2) is 0 Å². The molecule has 0 atom stereocenters. The Balaban J connectivity index is 0.000000437. The molecule has 34 heavy (non-hydrogen) atoms. The molecular weight excluding hydrogens is 519 g/mol. The predicted molar refractivity (Wildman–Crippen MR) is 124 cm³/mol. The molecule has 0 radical (unpaired) electrons. The summed E-state index contributed by atoms with van der Waals surface area (Å²) in [4.78, 5) is 45.7. The number of nitrogens with one attached hydrogen (secondary N) is 2. The number of amides is 1. The molecule has 0 bridgehead atoms. The van der Waals surface area contributed by atoms with Crippen LogP contribution in [0.25, 0.3) is 0 Å². The minimum Gasteiger partial charge on any atom is -0.442 e. The Hall–Kier alpha value is -3.10. The highest BCUT2D eigenvalue weighted by Crippen LogP contribution is 2.23. The summed E-state index contributed by atoms with van der Waals surface area (Å²) < 4.78 is 5.31. The highest BCUT2D eigenvalue weighted by atomic mass is 35.5. The third kappa shape index (κ3) is 10.2. The van der Waals surface area contributed by atoms with E-state index >= 15 is 0 Å². The Kier molecular flexibility index (Phi) is 10.1. The van der Waals surface area contributed by atoms with Gasteiger partial charge < -0.3 is 15.4 Å². The van der Waals surface area contributed by atoms with E-state index in [2.05, 4.69) is 30.6 Å². The molecule has 14 nitrogen and oxygen atoms in total. The summed E-state index contributed by atoms with van der Waals surface area (Å²) in [6.45, 7) is 8.90. The van der Waals surface area contributed by atoms with Crippen LogP contribution in [0.3, 0.4) is 0 Å². The van der Waals surface area contributed by atoms with Gasteiger partial charge >= 0.3 is 17.5 Å². The number of halogens is 3. The molecule has 0 aromatic carbocycles. The Labute approximate surface area is 208 Å². The van der Waals surface area contributed by atoms with Gasteiger partial charge in [-0.2, -0.15) is 9.97 Å². The molecule has 2 N–H and O–H groups in total. The van der Waals surface area contributed by atoms with Crippen LogP contribution < -0.4 is 10.6 Å². The molecule has 2 heterocycles. The first kappa shape index (κ1) is 28.9. The van der Waals surface area contributed by atoms with Gasteiger partial charge in [0.25, 0.3) is 0 Å². The molecule has 0 fully saturated rings. The number of ether oxygens (including phenoxy) is 1. The molecule has 1 amide bonds. The molecule has 0 aliphatic carbocycles. The van der Waals surface area contributed by atoms with Gasteiger partial charge in [0.05, 0.1) is 16.4 Å². The molecular formula is C17H21Cl3N8O6. The number of carbonyl (C=O) groups is 1. The summed E-state index contributed by atoms with van der Waals surface area (Å²) in [6, 6.07) is 0. The number of hydrogen-bond acceptors (Lipinski definition) is 11. The lowest BCUT2D eigenvalue weighted by molar-refractivity contribution is -0.385. The van der Waals surface area contributed by atoms with Crippen molar-refractivity contribution < 1.29 is 19.4 Å². The highest BCUT2D eigenvalue weighted by molar-refractivity contribution is 6.33. The molecule has 0 unspecified atom stereocenters. The fourth-order valence-corrected chi connectivity index (χ4v) is 2.50. The van der Waals surface area contributed by atoms with Gasteiger partial charge in [0.2, 0.25) is 21.5 Å². The van der Waals surface area contributed by atoms with E-state index in [0.717, 1.165) is 12.4 Å². The van der Waals surface area contributed by atoms with E-state index in [0.29, 0.717) is 0 Å². The highest BCUT2D eigenvalue weighted by Gasteiger charge is 2.27. The molecule has 0 saturated carbocycles. The lowest BCUT2D eigenvalue weighted by atomic mass is 10.1. The summed E-state index contributed by atoms with van der Waals surface area (Å²) in [6.07, 6.45) is 1.38. The van der Waals surface area contributed by atoms with E-state index in [1.807, 2.05) is 20.8 Å². The number of hydrogen-bond donors (Lipinski definition) is 2. The molecule has 2 aromatic rings. The van der Waals surface area contributed by atoms with E-state index in [-0.39, 0.29) is 39.5 Å². The van der Waals surface area contributed by atoms with Crippen LogP contribution in [0.15, 0.2) is 12.4 Å². The van der Waals surface area contributed by atoms with Crippen LogP contribution >= 0.6 is 34.8 Å². The van der Waals surface area contributed by atoms with E-state index in [1.165, 1.54) is 0 Å². The minimum atomic E-state index is -0.930. The van der Waals surface area contributed by atoms with Gasteiger partial charge in [-0.25, -0.2) is 14.8 Å². The van der Waals surface area contributed by atoms with Gasteiger partial charge in [-0.05, 0) is 57.8 Å². The quantitative estimate of drug-likeness (QED) is 0.228. The first-order valence-electron chi connectivity index (χ1n) is 9.25. The maximum absolute atomic E-state index is 11.8. The van der Waals surface area contributed by atoms with Gasteiger partial charge in [0, 0.05) is 5.54 Å². The zero-order valence-corrected chi connectivity index (χ0v) is 20.9. The predicted octanol–water partition coefficient (Wildman–Crippen LogP) is 4.45. The van der Waals surface area contributed by atoms with Crippen molar-refractivity contribution in [2.75, 3.05) is 11.9 Å². The van der Waals surface area contributed by atoms with Crippen molar-refractivity contribution in [2.24, 2.45) is 0 Å². The number of rotatable bonds is 6. The fourth-order valence-electron chi connectivity index (χ4n) is 1.99. The van der Waals surface area contributed by atoms with E-state index in [9.17, 15) is 25.0 Å². The number of alkyl carbamates (subject to hydrolysis) is 1. The summed E-state index contributed by atoms with van der Waals surface area (Å²) in [5, 5.41) is 26.0. The molecule has 186 valence electrons. The van der Waals surface area contributed by atoms with Crippen molar-refractivity contribution in [2.45, 2.75) is 45.8 Å². The Morgan fingerprint density at radius 3 is 1.94 bits per heavy atom. The fraction of sp³-hybridized carbons (Fsp3) is 0.471. The second kappa shape index (κ2) is 11.9. The number of nitrogens with zero attached hydrogens (tertiary/aromatic N) is 6. The van der Waals surface area contributed by atoms with Crippen molar-refractivity contribution in [1.29, 1.82) is 0 Å². The van der Waals surface area contributed by atoms with Crippen molar-refractivity contribution in [3.63, 3.8) is 0 Å². The smallest absolute Gasteiger partial charge is 0.408 e. The maximum Gasteiger partial charge on any atom is 0.408 e. The van der Waals surface area contributed by atoms with Gasteiger partial charge in [0.1, 0.15) is 18.0 Å². The van der Waals surface area contributed by atoms with Gasteiger partial charge in [-0.1, -0.05) is 11.6 Å². The maximum atomic E-state index is 11.8. The molecule has 0 aliphatic rings. The summed E-state index contributed by atoms with van der Waals surface area (Å²) in [5.41, 5.74) is -2.03. The standard InChI is InChI=1S/C13H20ClN5O4.C4HCl2N3O2/c1-12(2,3)18-11(20)23-13(4,5)7-16-9-8(19(21)22)6-15-10(14)17-9;5-3-2(9(10)11)1-7-4(6)8-3/h6H,7H2,1-5H3,(H,18,20)(H,15,16,17);1H.